The van der Waals surface area contributed by atoms with Crippen LogP contribution in [-0.2, 0) is 23.1 Å². The first-order chi connectivity index (χ1) is 13.4. The largest absolute Gasteiger partial charge is 0.586 e. The summed E-state index contributed by atoms with van der Waals surface area (Å²) >= 11 is 0. The van der Waals surface area contributed by atoms with E-state index in [1.54, 1.807) is 12.3 Å². The number of aryl methyl sites for hydroxylation is 1. The van der Waals surface area contributed by atoms with Crippen LogP contribution < -0.4 is 9.47 Å². The second-order valence-corrected chi connectivity index (χ2v) is 7.42. The predicted octanol–water partition coefficient (Wildman–Crippen LogP) is 4.29. The van der Waals surface area contributed by atoms with Crippen molar-refractivity contribution in [2.24, 2.45) is 0 Å². The number of fused-ring (bicyclic) bond motifs is 2. The first-order valence-electron chi connectivity index (χ1n) is 9.29. The van der Waals surface area contributed by atoms with Crippen molar-refractivity contribution in [3.63, 3.8) is 0 Å². The summed E-state index contributed by atoms with van der Waals surface area (Å²) in [7, 11) is 0. The second-order valence-electron chi connectivity index (χ2n) is 7.42. The highest BCUT2D eigenvalue weighted by atomic mass is 19.3. The molecule has 1 aliphatic heterocycles. The van der Waals surface area contributed by atoms with E-state index in [0.717, 1.165) is 23.0 Å². The van der Waals surface area contributed by atoms with E-state index in [1.165, 1.54) is 12.1 Å². The van der Waals surface area contributed by atoms with Crippen molar-refractivity contribution in [3.05, 3.63) is 53.5 Å². The summed E-state index contributed by atoms with van der Waals surface area (Å²) < 4.78 is 35.5. The molecule has 1 N–H and O–H groups in total. The molecule has 3 heterocycles. The van der Waals surface area contributed by atoms with Crippen LogP contribution in [-0.4, -0.2) is 22.0 Å². The van der Waals surface area contributed by atoms with E-state index in [9.17, 15) is 13.6 Å². The third kappa shape index (κ3) is 2.73. The topological polar surface area (TPSA) is 64.2 Å². The van der Waals surface area contributed by atoms with Crippen LogP contribution in [0.1, 0.15) is 36.7 Å². The summed E-state index contributed by atoms with van der Waals surface area (Å²) in [4.78, 5) is 20.8. The zero-order valence-electron chi connectivity index (χ0n) is 15.2. The molecule has 0 bridgehead atoms. The van der Waals surface area contributed by atoms with Crippen molar-refractivity contribution in [1.82, 2.24) is 9.97 Å². The minimum absolute atomic E-state index is 0.0108. The number of H-pyrrole nitrogens is 1. The molecule has 28 heavy (non-hydrogen) atoms. The summed E-state index contributed by atoms with van der Waals surface area (Å²) in [5, 5.41) is 1.03. The van der Waals surface area contributed by atoms with Crippen molar-refractivity contribution in [3.8, 4) is 11.5 Å². The number of hydrogen-bond donors (Lipinski definition) is 1. The molecule has 2 aromatic heterocycles. The van der Waals surface area contributed by atoms with Gasteiger partial charge in [0.05, 0.1) is 17.1 Å². The number of hydrogen-bond acceptors (Lipinski definition) is 4. The van der Waals surface area contributed by atoms with Crippen LogP contribution in [0.3, 0.4) is 0 Å². The van der Waals surface area contributed by atoms with Gasteiger partial charge in [-0.05, 0) is 49.1 Å². The van der Waals surface area contributed by atoms with Gasteiger partial charge in [0.25, 0.3) is 0 Å². The normalized spacial score (nSPS) is 18.4. The number of benzene rings is 1. The summed E-state index contributed by atoms with van der Waals surface area (Å²) in [6, 6.07) is 8.60. The lowest BCUT2D eigenvalue weighted by Gasteiger charge is -2.15. The molecule has 1 fully saturated rings. The van der Waals surface area contributed by atoms with Gasteiger partial charge in [-0.25, -0.2) is 0 Å². The lowest BCUT2D eigenvalue weighted by atomic mass is 9.88. The van der Waals surface area contributed by atoms with Crippen molar-refractivity contribution >= 4 is 16.7 Å². The Hall–Kier alpha value is -2.96. The van der Waals surface area contributed by atoms with Gasteiger partial charge >= 0.3 is 6.29 Å². The number of carbonyl (C=O) groups is 1. The number of pyridine rings is 1. The number of halogens is 2. The average Bonchev–Trinajstić information content (AvgIpc) is 3.26. The third-order valence-corrected chi connectivity index (χ3v) is 5.58. The standard InChI is InChI=1S/C21H18F2N2O3/c1-2-14-7-12-8-15(24-11-16(12)25-14)10-19(26)20(5-6-20)13-3-4-17-18(9-13)28-21(22,23)27-17/h3-4,7-9,11,25H,2,5-6,10H2,1H3. The Labute approximate surface area is 159 Å². The Kier molecular flexibility index (Phi) is 3.53. The number of Topliss-reactive ketones (excluding diaryl/α,β-unsaturated/α-hetero) is 1. The van der Waals surface area contributed by atoms with Crippen LogP contribution in [0.4, 0.5) is 8.78 Å². The number of rotatable bonds is 5. The van der Waals surface area contributed by atoms with Gasteiger partial charge in [-0.1, -0.05) is 13.0 Å². The molecule has 5 rings (SSSR count). The van der Waals surface area contributed by atoms with E-state index < -0.39 is 11.7 Å². The Balaban J connectivity index is 1.40. The van der Waals surface area contributed by atoms with Crippen molar-refractivity contribution in [2.45, 2.75) is 44.3 Å². The summed E-state index contributed by atoms with van der Waals surface area (Å²) in [5.74, 6) is 0.0000620. The van der Waals surface area contributed by atoms with Crippen molar-refractivity contribution < 1.29 is 23.0 Å². The molecular formula is C21H18F2N2O3. The van der Waals surface area contributed by atoms with Gasteiger partial charge in [-0.2, -0.15) is 0 Å². The molecule has 1 aliphatic carbocycles. The highest BCUT2D eigenvalue weighted by Crippen LogP contribution is 2.52. The zero-order valence-corrected chi connectivity index (χ0v) is 15.2. The fourth-order valence-corrected chi connectivity index (χ4v) is 3.86. The molecule has 0 radical (unpaired) electrons. The molecule has 0 atom stereocenters. The van der Waals surface area contributed by atoms with Crippen LogP contribution in [0.2, 0.25) is 0 Å². The van der Waals surface area contributed by atoms with E-state index >= 15 is 0 Å². The van der Waals surface area contributed by atoms with Gasteiger partial charge in [0.1, 0.15) is 5.78 Å². The van der Waals surface area contributed by atoms with E-state index in [2.05, 4.69) is 32.4 Å². The molecule has 2 aliphatic rings. The summed E-state index contributed by atoms with van der Waals surface area (Å²) in [6.07, 6.45) is 0.569. The first-order valence-corrected chi connectivity index (χ1v) is 9.29. The minimum atomic E-state index is -3.66. The third-order valence-electron chi connectivity index (χ3n) is 5.58. The van der Waals surface area contributed by atoms with Crippen LogP contribution in [0.15, 0.2) is 36.5 Å². The van der Waals surface area contributed by atoms with Gasteiger partial charge in [0, 0.05) is 23.2 Å². The summed E-state index contributed by atoms with van der Waals surface area (Å²) in [5.41, 5.74) is 2.81. The lowest BCUT2D eigenvalue weighted by molar-refractivity contribution is -0.286. The highest BCUT2D eigenvalue weighted by molar-refractivity contribution is 5.95. The van der Waals surface area contributed by atoms with Gasteiger partial charge in [-0.3, -0.25) is 9.78 Å². The quantitative estimate of drug-likeness (QED) is 0.713. The number of aromatic amines is 1. The van der Waals surface area contributed by atoms with Crippen LogP contribution in [0.5, 0.6) is 11.5 Å². The number of nitrogens with one attached hydrogen (secondary N) is 1. The van der Waals surface area contributed by atoms with Crippen LogP contribution in [0, 0.1) is 0 Å². The molecule has 7 heteroatoms. The number of ether oxygens (including phenoxy) is 2. The smallest absolute Gasteiger partial charge is 0.395 e. The van der Waals surface area contributed by atoms with Gasteiger partial charge < -0.3 is 14.5 Å². The minimum Gasteiger partial charge on any atom is -0.395 e. The molecule has 0 amide bonds. The molecule has 0 unspecified atom stereocenters. The Bertz CT molecular complexity index is 1100. The first kappa shape index (κ1) is 17.2. The van der Waals surface area contributed by atoms with Gasteiger partial charge in [0.2, 0.25) is 0 Å². The van der Waals surface area contributed by atoms with Crippen LogP contribution >= 0.6 is 0 Å². The number of ketones is 1. The number of alkyl halides is 2. The number of nitrogens with zero attached hydrogens (tertiary/aromatic N) is 1. The van der Waals surface area contributed by atoms with Crippen LogP contribution in [0.25, 0.3) is 10.9 Å². The molecule has 0 spiro atoms. The maximum atomic E-state index is 13.3. The monoisotopic (exact) mass is 384 g/mol. The Morgan fingerprint density at radius 1 is 1.18 bits per heavy atom. The fraction of sp³-hybridized carbons (Fsp3) is 0.333. The summed E-state index contributed by atoms with van der Waals surface area (Å²) in [6.45, 7) is 2.07. The highest BCUT2D eigenvalue weighted by Gasteiger charge is 2.52. The second kappa shape index (κ2) is 5.77. The van der Waals surface area contributed by atoms with E-state index in [4.69, 9.17) is 0 Å². The Morgan fingerprint density at radius 2 is 1.96 bits per heavy atom. The fourth-order valence-electron chi connectivity index (χ4n) is 3.86. The van der Waals surface area contributed by atoms with Gasteiger partial charge in [-0.15, -0.1) is 8.78 Å². The molecule has 0 saturated heterocycles. The van der Waals surface area contributed by atoms with E-state index in [0.29, 0.717) is 24.1 Å². The van der Waals surface area contributed by atoms with Crippen molar-refractivity contribution in [2.75, 3.05) is 0 Å². The number of carbonyl (C=O) groups excluding carboxylic acids is 1. The molecule has 1 aromatic carbocycles. The van der Waals surface area contributed by atoms with E-state index in [1.807, 2.05) is 6.07 Å². The Morgan fingerprint density at radius 3 is 2.71 bits per heavy atom. The average molecular weight is 384 g/mol. The zero-order chi connectivity index (χ0) is 19.5. The van der Waals surface area contributed by atoms with Gasteiger partial charge in [0.15, 0.2) is 11.5 Å². The molecule has 5 nitrogen and oxygen atoms in total. The SMILES string of the molecule is CCc1cc2cc(CC(=O)C3(c4ccc5c(c4)OC(F)(F)O5)CC3)ncc2[nH]1. The predicted molar refractivity (Wildman–Crippen MR) is 97.7 cm³/mol. The van der Waals surface area contributed by atoms with E-state index in [-0.39, 0.29) is 23.7 Å². The molecular weight excluding hydrogens is 366 g/mol. The maximum absolute atomic E-state index is 13.3. The molecule has 1 saturated carbocycles. The molecule has 144 valence electrons. The number of aromatic nitrogens is 2. The maximum Gasteiger partial charge on any atom is 0.586 e. The van der Waals surface area contributed by atoms with Crippen molar-refractivity contribution in [1.29, 1.82) is 0 Å². The lowest BCUT2D eigenvalue weighted by Crippen LogP contribution is -2.26. The molecule has 3 aromatic rings.